The zero-order valence-corrected chi connectivity index (χ0v) is 7.49. The molecule has 0 atom stereocenters. The fourth-order valence-corrected chi connectivity index (χ4v) is 1.07. The van der Waals surface area contributed by atoms with Crippen LogP contribution in [-0.4, -0.2) is 11.2 Å². The topological polar surface area (TPSA) is 70.6 Å². The molecule has 1 aromatic rings. The minimum atomic E-state index is 0.000833. The molecule has 4 N–H and O–H groups in total. The van der Waals surface area contributed by atoms with E-state index < -0.39 is 0 Å². The van der Waals surface area contributed by atoms with Gasteiger partial charge in [0.2, 0.25) is 5.96 Å². The van der Waals surface area contributed by atoms with Gasteiger partial charge in [-0.15, -0.1) is 0 Å². The number of rotatable bonds is 2. The van der Waals surface area contributed by atoms with E-state index in [9.17, 15) is 0 Å². The molecule has 0 aliphatic carbocycles. The molecule has 4 nitrogen and oxygen atoms in total. The standard InChI is InChI=1S/C9H13N3O/c1-2-7-5-3-4-6-8(7)11-9(10)12-13/h3-6,13H,2H2,1H3,(H3,10,11,12). The van der Waals surface area contributed by atoms with Gasteiger partial charge in [0, 0.05) is 0 Å². The average molecular weight is 179 g/mol. The third-order valence-corrected chi connectivity index (χ3v) is 1.73. The molecule has 0 aliphatic rings. The Kier molecular flexibility index (Phi) is 3.28. The summed E-state index contributed by atoms with van der Waals surface area (Å²) in [4.78, 5) is 3.98. The molecule has 0 saturated carbocycles. The van der Waals surface area contributed by atoms with Crippen molar-refractivity contribution in [3.63, 3.8) is 0 Å². The number of aliphatic imine (C=N–C) groups is 1. The molecule has 13 heavy (non-hydrogen) atoms. The minimum absolute atomic E-state index is 0.000833. The van der Waals surface area contributed by atoms with E-state index in [-0.39, 0.29) is 5.96 Å². The first-order chi connectivity index (χ1) is 6.27. The Labute approximate surface area is 77.1 Å². The number of nitrogens with one attached hydrogen (secondary N) is 1. The Morgan fingerprint density at radius 1 is 1.54 bits per heavy atom. The predicted octanol–water partition coefficient (Wildman–Crippen LogP) is 1.17. The molecular weight excluding hydrogens is 166 g/mol. The Hall–Kier alpha value is -1.55. The molecule has 0 aliphatic heterocycles. The molecule has 0 aromatic heterocycles. The maximum absolute atomic E-state index is 8.45. The van der Waals surface area contributed by atoms with Crippen LogP contribution in [0.5, 0.6) is 0 Å². The highest BCUT2D eigenvalue weighted by Crippen LogP contribution is 2.18. The van der Waals surface area contributed by atoms with Gasteiger partial charge < -0.3 is 5.73 Å². The van der Waals surface area contributed by atoms with E-state index in [4.69, 9.17) is 10.9 Å². The Bertz CT molecular complexity index is 309. The number of hydrogen-bond acceptors (Lipinski definition) is 2. The van der Waals surface area contributed by atoms with Crippen LogP contribution in [0.3, 0.4) is 0 Å². The van der Waals surface area contributed by atoms with Crippen LogP contribution in [0.15, 0.2) is 29.3 Å². The molecule has 0 spiro atoms. The van der Waals surface area contributed by atoms with Gasteiger partial charge in [0.25, 0.3) is 0 Å². The largest absolute Gasteiger partial charge is 0.368 e. The number of hydroxylamine groups is 1. The molecule has 0 bridgehead atoms. The zero-order valence-electron chi connectivity index (χ0n) is 7.49. The maximum atomic E-state index is 8.45. The number of para-hydroxylation sites is 1. The minimum Gasteiger partial charge on any atom is -0.368 e. The number of nitrogens with zero attached hydrogens (tertiary/aromatic N) is 1. The molecule has 1 rings (SSSR count). The second kappa shape index (κ2) is 4.47. The van der Waals surface area contributed by atoms with E-state index in [0.29, 0.717) is 0 Å². The van der Waals surface area contributed by atoms with Crippen LogP contribution in [-0.2, 0) is 6.42 Å². The van der Waals surface area contributed by atoms with Crippen molar-refractivity contribution in [1.29, 1.82) is 0 Å². The van der Waals surface area contributed by atoms with Gasteiger partial charge in [0.05, 0.1) is 5.69 Å². The van der Waals surface area contributed by atoms with Crippen molar-refractivity contribution in [3.8, 4) is 0 Å². The molecule has 0 saturated heterocycles. The third kappa shape index (κ3) is 2.45. The maximum Gasteiger partial charge on any atom is 0.218 e. The van der Waals surface area contributed by atoms with E-state index in [0.717, 1.165) is 17.7 Å². The highest BCUT2D eigenvalue weighted by Gasteiger charge is 1.97. The van der Waals surface area contributed by atoms with E-state index in [1.165, 1.54) is 0 Å². The van der Waals surface area contributed by atoms with Crippen LogP contribution < -0.4 is 11.2 Å². The molecule has 0 unspecified atom stereocenters. The Balaban J connectivity index is 2.99. The fourth-order valence-electron chi connectivity index (χ4n) is 1.07. The van der Waals surface area contributed by atoms with E-state index >= 15 is 0 Å². The number of nitrogens with two attached hydrogens (primary N) is 1. The first-order valence-corrected chi connectivity index (χ1v) is 4.10. The Morgan fingerprint density at radius 2 is 2.23 bits per heavy atom. The van der Waals surface area contributed by atoms with E-state index in [1.807, 2.05) is 31.2 Å². The molecular formula is C9H13N3O. The summed E-state index contributed by atoms with van der Waals surface area (Å²) < 4.78 is 0. The lowest BCUT2D eigenvalue weighted by atomic mass is 10.1. The summed E-state index contributed by atoms with van der Waals surface area (Å²) in [6, 6.07) is 7.65. The lowest BCUT2D eigenvalue weighted by Gasteiger charge is -2.02. The van der Waals surface area contributed by atoms with Crippen LogP contribution in [0.25, 0.3) is 0 Å². The lowest BCUT2D eigenvalue weighted by molar-refractivity contribution is 0.233. The molecule has 0 fully saturated rings. The summed E-state index contributed by atoms with van der Waals surface area (Å²) in [5.41, 5.74) is 8.99. The van der Waals surface area contributed by atoms with Gasteiger partial charge in [-0.1, -0.05) is 25.1 Å². The van der Waals surface area contributed by atoms with Crippen molar-refractivity contribution < 1.29 is 5.21 Å². The monoisotopic (exact) mass is 179 g/mol. The number of hydrogen-bond donors (Lipinski definition) is 3. The number of guanidine groups is 1. The second-order valence-corrected chi connectivity index (χ2v) is 2.59. The SMILES string of the molecule is CCc1ccccc1N=C(N)NO. The van der Waals surface area contributed by atoms with Crippen molar-refractivity contribution >= 4 is 11.6 Å². The van der Waals surface area contributed by atoms with Gasteiger partial charge in [0.1, 0.15) is 0 Å². The van der Waals surface area contributed by atoms with Gasteiger partial charge in [0.15, 0.2) is 0 Å². The normalized spacial score (nSPS) is 11.4. The highest BCUT2D eigenvalue weighted by molar-refractivity contribution is 5.80. The molecule has 0 amide bonds. The summed E-state index contributed by atoms with van der Waals surface area (Å²) in [5.74, 6) is 0.000833. The molecule has 0 radical (unpaired) electrons. The van der Waals surface area contributed by atoms with Gasteiger partial charge in [-0.3, -0.25) is 5.21 Å². The zero-order chi connectivity index (χ0) is 9.68. The molecule has 4 heteroatoms. The smallest absolute Gasteiger partial charge is 0.218 e. The number of benzene rings is 1. The average Bonchev–Trinajstić information content (AvgIpc) is 2.18. The van der Waals surface area contributed by atoms with Gasteiger partial charge in [-0.2, -0.15) is 0 Å². The van der Waals surface area contributed by atoms with Gasteiger partial charge >= 0.3 is 0 Å². The lowest BCUT2D eigenvalue weighted by Crippen LogP contribution is -2.27. The quantitative estimate of drug-likeness (QED) is 0.362. The first-order valence-electron chi connectivity index (χ1n) is 4.10. The van der Waals surface area contributed by atoms with E-state index in [2.05, 4.69) is 4.99 Å². The summed E-state index contributed by atoms with van der Waals surface area (Å²) in [6.07, 6.45) is 0.887. The van der Waals surface area contributed by atoms with E-state index in [1.54, 1.807) is 5.48 Å². The third-order valence-electron chi connectivity index (χ3n) is 1.73. The van der Waals surface area contributed by atoms with Crippen LogP contribution >= 0.6 is 0 Å². The van der Waals surface area contributed by atoms with Crippen molar-refractivity contribution in [2.75, 3.05) is 0 Å². The first kappa shape index (κ1) is 9.54. The molecule has 0 heterocycles. The second-order valence-electron chi connectivity index (χ2n) is 2.59. The summed E-state index contributed by atoms with van der Waals surface area (Å²) in [5, 5.41) is 8.45. The van der Waals surface area contributed by atoms with Crippen molar-refractivity contribution in [2.45, 2.75) is 13.3 Å². The van der Waals surface area contributed by atoms with Crippen molar-refractivity contribution in [2.24, 2.45) is 10.7 Å². The van der Waals surface area contributed by atoms with Crippen LogP contribution in [0, 0.1) is 0 Å². The van der Waals surface area contributed by atoms with Crippen molar-refractivity contribution in [1.82, 2.24) is 5.48 Å². The van der Waals surface area contributed by atoms with Gasteiger partial charge in [-0.25, -0.2) is 10.5 Å². The highest BCUT2D eigenvalue weighted by atomic mass is 16.5. The van der Waals surface area contributed by atoms with Crippen LogP contribution in [0.1, 0.15) is 12.5 Å². The van der Waals surface area contributed by atoms with Crippen molar-refractivity contribution in [3.05, 3.63) is 29.8 Å². The predicted molar refractivity (Wildman–Crippen MR) is 52.0 cm³/mol. The summed E-state index contributed by atoms with van der Waals surface area (Å²) in [6.45, 7) is 2.04. The summed E-state index contributed by atoms with van der Waals surface area (Å²) in [7, 11) is 0. The molecule has 70 valence electrons. The summed E-state index contributed by atoms with van der Waals surface area (Å²) >= 11 is 0. The van der Waals surface area contributed by atoms with Gasteiger partial charge in [-0.05, 0) is 18.1 Å². The number of aryl methyl sites for hydroxylation is 1. The fraction of sp³-hybridized carbons (Fsp3) is 0.222. The van der Waals surface area contributed by atoms with Crippen LogP contribution in [0.2, 0.25) is 0 Å². The Morgan fingerprint density at radius 3 is 2.85 bits per heavy atom. The molecule has 1 aromatic carbocycles. The van der Waals surface area contributed by atoms with Crippen LogP contribution in [0.4, 0.5) is 5.69 Å².